The van der Waals surface area contributed by atoms with Gasteiger partial charge in [0.15, 0.2) is 0 Å². The van der Waals surface area contributed by atoms with Crippen LogP contribution in [0.15, 0.2) is 5.38 Å². The number of aromatic nitrogens is 2. The van der Waals surface area contributed by atoms with Crippen molar-refractivity contribution >= 4 is 34.5 Å². The highest BCUT2D eigenvalue weighted by atomic mass is 35.5. The molecule has 6 heteroatoms. The Morgan fingerprint density at radius 2 is 2.06 bits per heavy atom. The highest BCUT2D eigenvalue weighted by molar-refractivity contribution is 7.10. The van der Waals surface area contributed by atoms with Crippen molar-refractivity contribution in [3.05, 3.63) is 37.3 Å². The van der Waals surface area contributed by atoms with Gasteiger partial charge in [0, 0.05) is 24.4 Å². The molecular formula is C12H15Cl2N3S. The molecule has 0 fully saturated rings. The van der Waals surface area contributed by atoms with Gasteiger partial charge in [-0.25, -0.2) is 0 Å². The van der Waals surface area contributed by atoms with Gasteiger partial charge in [0.1, 0.15) is 0 Å². The van der Waals surface area contributed by atoms with Gasteiger partial charge in [0.25, 0.3) is 0 Å². The van der Waals surface area contributed by atoms with Gasteiger partial charge in [0.05, 0.1) is 21.4 Å². The first-order valence-corrected chi connectivity index (χ1v) is 7.22. The van der Waals surface area contributed by atoms with Gasteiger partial charge in [-0.05, 0) is 24.8 Å². The quantitative estimate of drug-likeness (QED) is 0.940. The number of aryl methyl sites for hydroxylation is 3. The molecule has 1 unspecified atom stereocenters. The number of hydrogen-bond acceptors (Lipinski definition) is 3. The number of thiophene rings is 1. The summed E-state index contributed by atoms with van der Waals surface area (Å²) >= 11 is 14.0. The Bertz CT molecular complexity index is 574. The summed E-state index contributed by atoms with van der Waals surface area (Å²) in [7, 11) is 1.88. The van der Waals surface area contributed by atoms with E-state index in [9.17, 15) is 0 Å². The largest absolute Gasteiger partial charge is 0.323 e. The summed E-state index contributed by atoms with van der Waals surface area (Å²) in [6.45, 7) is 3.87. The Morgan fingerprint density at radius 1 is 1.39 bits per heavy atom. The van der Waals surface area contributed by atoms with Gasteiger partial charge in [-0.15, -0.1) is 11.3 Å². The molecule has 2 heterocycles. The Balaban J connectivity index is 2.26. The SMILES string of the molecule is Cc1csc(C(N)Cc2c(Cl)c(C)nn2C)c1Cl. The molecule has 2 aromatic rings. The van der Waals surface area contributed by atoms with E-state index in [1.807, 2.05) is 26.3 Å². The van der Waals surface area contributed by atoms with Crippen molar-refractivity contribution in [1.82, 2.24) is 9.78 Å². The molecule has 3 nitrogen and oxygen atoms in total. The maximum absolute atomic E-state index is 6.23. The number of halogens is 2. The Morgan fingerprint density at radius 3 is 2.50 bits per heavy atom. The molecule has 98 valence electrons. The zero-order chi connectivity index (χ0) is 13.4. The Kier molecular flexibility index (Phi) is 4.02. The third kappa shape index (κ3) is 2.43. The van der Waals surface area contributed by atoms with Crippen LogP contribution < -0.4 is 5.73 Å². The van der Waals surface area contributed by atoms with E-state index < -0.39 is 0 Å². The van der Waals surface area contributed by atoms with Crippen LogP contribution in [0.25, 0.3) is 0 Å². The normalized spacial score (nSPS) is 13.0. The maximum atomic E-state index is 6.23. The number of hydrogen-bond donors (Lipinski definition) is 1. The van der Waals surface area contributed by atoms with Crippen molar-refractivity contribution < 1.29 is 0 Å². The first-order chi connectivity index (χ1) is 8.41. The van der Waals surface area contributed by atoms with Crippen molar-refractivity contribution in [3.8, 4) is 0 Å². The first kappa shape index (κ1) is 13.9. The fourth-order valence-corrected chi connectivity index (χ4v) is 3.48. The highest BCUT2D eigenvalue weighted by Gasteiger charge is 2.19. The predicted molar refractivity (Wildman–Crippen MR) is 77.7 cm³/mol. The summed E-state index contributed by atoms with van der Waals surface area (Å²) < 4.78 is 1.78. The van der Waals surface area contributed by atoms with Crippen molar-refractivity contribution in [1.29, 1.82) is 0 Å². The van der Waals surface area contributed by atoms with Crippen LogP contribution in [-0.4, -0.2) is 9.78 Å². The molecule has 0 spiro atoms. The standard InChI is InChI=1S/C12H15Cl2N3S/c1-6-5-18-12(10(6)13)8(15)4-9-11(14)7(2)16-17(9)3/h5,8H,4,15H2,1-3H3. The fraction of sp³-hybridized carbons (Fsp3) is 0.417. The maximum Gasteiger partial charge on any atom is 0.0847 e. The lowest BCUT2D eigenvalue weighted by Crippen LogP contribution is -2.15. The van der Waals surface area contributed by atoms with E-state index in [1.165, 1.54) is 0 Å². The summed E-state index contributed by atoms with van der Waals surface area (Å²) in [6.07, 6.45) is 0.635. The van der Waals surface area contributed by atoms with Gasteiger partial charge in [-0.3, -0.25) is 4.68 Å². The minimum atomic E-state index is -0.150. The molecule has 0 bridgehead atoms. The molecule has 18 heavy (non-hydrogen) atoms. The molecular weight excluding hydrogens is 289 g/mol. The van der Waals surface area contributed by atoms with Crippen LogP contribution in [0.1, 0.15) is 27.9 Å². The molecule has 0 saturated heterocycles. The van der Waals surface area contributed by atoms with Crippen molar-refractivity contribution in [2.24, 2.45) is 12.8 Å². The molecule has 0 aromatic carbocycles. The molecule has 0 aliphatic heterocycles. The molecule has 2 N–H and O–H groups in total. The zero-order valence-corrected chi connectivity index (χ0v) is 12.8. The second kappa shape index (κ2) is 5.21. The number of rotatable bonds is 3. The average Bonchev–Trinajstić information content (AvgIpc) is 2.75. The van der Waals surface area contributed by atoms with Gasteiger partial charge in [-0.2, -0.15) is 5.10 Å². The predicted octanol–water partition coefficient (Wildman–Crippen LogP) is 3.65. The van der Waals surface area contributed by atoms with Crippen LogP contribution in [0.5, 0.6) is 0 Å². The lowest BCUT2D eigenvalue weighted by Gasteiger charge is -2.11. The summed E-state index contributed by atoms with van der Waals surface area (Å²) in [6, 6.07) is -0.150. The summed E-state index contributed by atoms with van der Waals surface area (Å²) in [5, 5.41) is 7.76. The lowest BCUT2D eigenvalue weighted by atomic mass is 10.1. The third-order valence-corrected chi connectivity index (χ3v) is 5.27. The Hall–Kier alpha value is -0.550. The smallest absolute Gasteiger partial charge is 0.0847 e. The Labute approximate surface area is 121 Å². The van der Waals surface area contributed by atoms with Crippen LogP contribution in [-0.2, 0) is 13.5 Å². The van der Waals surface area contributed by atoms with Crippen molar-refractivity contribution in [3.63, 3.8) is 0 Å². The second-order valence-electron chi connectivity index (χ2n) is 4.38. The molecule has 1 atom stereocenters. The first-order valence-electron chi connectivity index (χ1n) is 5.58. The van der Waals surface area contributed by atoms with E-state index in [-0.39, 0.29) is 6.04 Å². The van der Waals surface area contributed by atoms with Crippen LogP contribution in [0, 0.1) is 13.8 Å². The average molecular weight is 304 g/mol. The third-order valence-electron chi connectivity index (χ3n) is 2.94. The summed E-state index contributed by atoms with van der Waals surface area (Å²) in [5.41, 5.74) is 9.06. The molecule has 2 aromatic heterocycles. The number of nitrogens with zero attached hydrogens (tertiary/aromatic N) is 2. The van der Waals surface area contributed by atoms with Crippen molar-refractivity contribution in [2.45, 2.75) is 26.3 Å². The van der Waals surface area contributed by atoms with E-state index >= 15 is 0 Å². The van der Waals surface area contributed by atoms with Crippen LogP contribution in [0.4, 0.5) is 0 Å². The van der Waals surface area contributed by atoms with Gasteiger partial charge in [0.2, 0.25) is 0 Å². The second-order valence-corrected chi connectivity index (χ2v) is 6.04. The summed E-state index contributed by atoms with van der Waals surface area (Å²) in [5.74, 6) is 0. The van der Waals surface area contributed by atoms with Gasteiger partial charge in [-0.1, -0.05) is 23.2 Å². The topological polar surface area (TPSA) is 43.8 Å². The van der Waals surface area contributed by atoms with E-state index in [4.69, 9.17) is 28.9 Å². The van der Waals surface area contributed by atoms with Gasteiger partial charge < -0.3 is 5.73 Å². The fourth-order valence-electron chi connectivity index (χ4n) is 1.90. The monoisotopic (exact) mass is 303 g/mol. The molecule has 0 amide bonds. The van der Waals surface area contributed by atoms with E-state index in [0.717, 1.165) is 26.9 Å². The van der Waals surface area contributed by atoms with Crippen LogP contribution in [0.2, 0.25) is 10.0 Å². The van der Waals surface area contributed by atoms with Crippen LogP contribution in [0.3, 0.4) is 0 Å². The minimum absolute atomic E-state index is 0.150. The molecule has 0 aliphatic rings. The molecule has 0 radical (unpaired) electrons. The lowest BCUT2D eigenvalue weighted by molar-refractivity contribution is 0.646. The van der Waals surface area contributed by atoms with E-state index in [2.05, 4.69) is 5.10 Å². The van der Waals surface area contributed by atoms with E-state index in [0.29, 0.717) is 11.4 Å². The van der Waals surface area contributed by atoms with E-state index in [1.54, 1.807) is 16.0 Å². The molecule has 0 saturated carbocycles. The summed E-state index contributed by atoms with van der Waals surface area (Å²) in [4.78, 5) is 1.00. The zero-order valence-electron chi connectivity index (χ0n) is 10.5. The van der Waals surface area contributed by atoms with Crippen molar-refractivity contribution in [2.75, 3.05) is 0 Å². The van der Waals surface area contributed by atoms with Crippen LogP contribution >= 0.6 is 34.5 Å². The highest BCUT2D eigenvalue weighted by Crippen LogP contribution is 2.34. The molecule has 2 rings (SSSR count). The minimum Gasteiger partial charge on any atom is -0.323 e. The van der Waals surface area contributed by atoms with Gasteiger partial charge >= 0.3 is 0 Å². The number of nitrogens with two attached hydrogens (primary N) is 1. The molecule has 0 aliphatic carbocycles.